The molecule has 0 nitrogen and oxygen atoms in total. The first-order valence-electron chi connectivity index (χ1n) is 2.70. The molecule has 0 saturated carbocycles. The van der Waals surface area contributed by atoms with Crippen LogP contribution in [0, 0.1) is 0 Å². The minimum atomic E-state index is 1.31. The largest absolute Gasteiger partial charge is 0.0991 e. The molecule has 0 heteroatoms. The Labute approximate surface area is 51.2 Å². The number of rotatable bonds is 2. The Morgan fingerprint density at radius 2 is 1.88 bits per heavy atom. The average Bonchev–Trinajstić information content (AvgIpc) is 1.66. The van der Waals surface area contributed by atoms with E-state index in [0.29, 0.717) is 0 Å². The van der Waals surface area contributed by atoms with Crippen LogP contribution in [0.15, 0.2) is 36.5 Å². The highest BCUT2D eigenvalue weighted by molar-refractivity contribution is 5.12. The van der Waals surface area contributed by atoms with Gasteiger partial charge in [0.05, 0.1) is 0 Å². The molecule has 8 heavy (non-hydrogen) atoms. The summed E-state index contributed by atoms with van der Waals surface area (Å²) in [6, 6.07) is 0. The monoisotopic (exact) mass is 108 g/mol. The van der Waals surface area contributed by atoms with Crippen molar-refractivity contribution >= 4 is 0 Å². The van der Waals surface area contributed by atoms with E-state index in [1.165, 1.54) is 5.57 Å². The van der Waals surface area contributed by atoms with E-state index < -0.39 is 0 Å². The lowest BCUT2D eigenvalue weighted by Gasteiger charge is -1.78. The van der Waals surface area contributed by atoms with E-state index in [0.717, 1.165) is 0 Å². The molecule has 0 atom stereocenters. The van der Waals surface area contributed by atoms with E-state index in [9.17, 15) is 0 Å². The predicted octanol–water partition coefficient (Wildman–Crippen LogP) is 2.69. The van der Waals surface area contributed by atoms with Crippen molar-refractivity contribution in [2.24, 2.45) is 0 Å². The van der Waals surface area contributed by atoms with Gasteiger partial charge in [0.25, 0.3) is 0 Å². The van der Waals surface area contributed by atoms with Crippen molar-refractivity contribution in [3.05, 3.63) is 36.5 Å². The summed E-state index contributed by atoms with van der Waals surface area (Å²) < 4.78 is 0. The van der Waals surface area contributed by atoms with Gasteiger partial charge >= 0.3 is 0 Å². The van der Waals surface area contributed by atoms with Crippen molar-refractivity contribution in [2.75, 3.05) is 0 Å². The molecule has 0 amide bonds. The minimum Gasteiger partial charge on any atom is -0.0991 e. The molecule has 0 aromatic rings. The summed E-state index contributed by atoms with van der Waals surface area (Å²) in [6.45, 7) is 7.67. The molecular formula is C8H12. The van der Waals surface area contributed by atoms with Crippen molar-refractivity contribution in [3.63, 3.8) is 0 Å². The van der Waals surface area contributed by atoms with Gasteiger partial charge in [-0.15, -0.1) is 0 Å². The Morgan fingerprint density at radius 3 is 2.25 bits per heavy atom. The van der Waals surface area contributed by atoms with Crippen LogP contribution in [0.1, 0.15) is 13.8 Å². The third kappa shape index (κ3) is 5.22. The number of hydrogen-bond acceptors (Lipinski definition) is 0. The Kier molecular flexibility index (Phi) is 3.95. The van der Waals surface area contributed by atoms with Gasteiger partial charge in [0.1, 0.15) is 0 Å². The molecule has 0 aliphatic heterocycles. The van der Waals surface area contributed by atoms with Crippen molar-refractivity contribution in [3.8, 4) is 0 Å². The van der Waals surface area contributed by atoms with E-state index in [1.807, 2.05) is 18.2 Å². The first-order chi connectivity index (χ1) is 3.77. The summed E-state index contributed by atoms with van der Waals surface area (Å²) in [7, 11) is 0. The van der Waals surface area contributed by atoms with E-state index in [2.05, 4.69) is 20.4 Å². The molecular weight excluding hydrogens is 96.1 g/mol. The normalized spacial score (nSPS) is 9.25. The Morgan fingerprint density at radius 1 is 1.25 bits per heavy atom. The van der Waals surface area contributed by atoms with Crippen LogP contribution in [0.5, 0.6) is 0 Å². The van der Waals surface area contributed by atoms with Gasteiger partial charge in [0.2, 0.25) is 0 Å². The van der Waals surface area contributed by atoms with Crippen LogP contribution in [-0.4, -0.2) is 0 Å². The van der Waals surface area contributed by atoms with Crippen LogP contribution in [0.25, 0.3) is 0 Å². The van der Waals surface area contributed by atoms with Crippen molar-refractivity contribution < 1.29 is 0 Å². The third-order valence-corrected chi connectivity index (χ3v) is 0.677. The zero-order valence-corrected chi connectivity index (χ0v) is 5.52. The summed E-state index contributed by atoms with van der Waals surface area (Å²) in [5.41, 5.74) is 1.31. The first kappa shape index (κ1) is 7.22. The predicted molar refractivity (Wildman–Crippen MR) is 38.8 cm³/mol. The number of hydrogen-bond donors (Lipinski definition) is 0. The Balaban J connectivity index is 3.57. The van der Waals surface area contributed by atoms with Gasteiger partial charge in [0.15, 0.2) is 0 Å². The fraction of sp³-hybridized carbons (Fsp3) is 0.250. The van der Waals surface area contributed by atoms with Gasteiger partial charge in [-0.25, -0.2) is 0 Å². The highest BCUT2D eigenvalue weighted by Gasteiger charge is 1.66. The quantitative estimate of drug-likeness (QED) is 0.477. The second-order valence-electron chi connectivity index (χ2n) is 1.86. The molecule has 0 radical (unpaired) electrons. The molecule has 0 unspecified atom stereocenters. The molecule has 0 rings (SSSR count). The lowest BCUT2D eigenvalue weighted by molar-refractivity contribution is 1.39. The van der Waals surface area contributed by atoms with Gasteiger partial charge in [-0.3, -0.25) is 0 Å². The van der Waals surface area contributed by atoms with E-state index in [-0.39, 0.29) is 0 Å². The standard InChI is InChI=1S/C8H12/c1-4-5-6-7-8(2)3/h4-7H,1H2,2-3H3/b6-5-. The van der Waals surface area contributed by atoms with Crippen LogP contribution in [-0.2, 0) is 0 Å². The van der Waals surface area contributed by atoms with Crippen molar-refractivity contribution in [2.45, 2.75) is 13.8 Å². The maximum absolute atomic E-state index is 3.54. The third-order valence-electron chi connectivity index (χ3n) is 0.677. The van der Waals surface area contributed by atoms with E-state index in [1.54, 1.807) is 6.08 Å². The van der Waals surface area contributed by atoms with E-state index in [4.69, 9.17) is 0 Å². The Bertz CT molecular complexity index is 112. The zero-order valence-electron chi connectivity index (χ0n) is 5.52. The molecule has 44 valence electrons. The fourth-order valence-electron chi connectivity index (χ4n) is 0.327. The molecule has 0 aromatic carbocycles. The van der Waals surface area contributed by atoms with Crippen LogP contribution in [0.3, 0.4) is 0 Å². The highest BCUT2D eigenvalue weighted by atomic mass is 13.7. The van der Waals surface area contributed by atoms with E-state index >= 15 is 0 Å². The van der Waals surface area contributed by atoms with Gasteiger partial charge in [-0.2, -0.15) is 0 Å². The van der Waals surface area contributed by atoms with Gasteiger partial charge in [-0.1, -0.05) is 36.5 Å². The molecule has 0 saturated heterocycles. The summed E-state index contributed by atoms with van der Waals surface area (Å²) in [4.78, 5) is 0. The lowest BCUT2D eigenvalue weighted by Crippen LogP contribution is -1.56. The van der Waals surface area contributed by atoms with Crippen molar-refractivity contribution in [1.82, 2.24) is 0 Å². The molecule has 0 heterocycles. The fourth-order valence-corrected chi connectivity index (χ4v) is 0.327. The highest BCUT2D eigenvalue weighted by Crippen LogP contribution is 1.87. The Hall–Kier alpha value is -0.780. The average molecular weight is 108 g/mol. The first-order valence-corrected chi connectivity index (χ1v) is 2.70. The minimum absolute atomic E-state index is 1.31. The van der Waals surface area contributed by atoms with Gasteiger partial charge in [-0.05, 0) is 13.8 Å². The van der Waals surface area contributed by atoms with Crippen LogP contribution < -0.4 is 0 Å². The molecule has 0 fully saturated rings. The molecule has 0 aliphatic carbocycles. The molecule has 0 aliphatic rings. The summed E-state index contributed by atoms with van der Waals surface area (Å²) in [5, 5.41) is 0. The second kappa shape index (κ2) is 4.38. The second-order valence-corrected chi connectivity index (χ2v) is 1.86. The maximum Gasteiger partial charge on any atom is -0.0439 e. The van der Waals surface area contributed by atoms with Crippen molar-refractivity contribution in [1.29, 1.82) is 0 Å². The topological polar surface area (TPSA) is 0 Å². The summed E-state index contributed by atoms with van der Waals surface area (Å²) in [6.07, 6.45) is 7.69. The van der Waals surface area contributed by atoms with Gasteiger partial charge < -0.3 is 0 Å². The van der Waals surface area contributed by atoms with Crippen LogP contribution >= 0.6 is 0 Å². The lowest BCUT2D eigenvalue weighted by atomic mass is 10.3. The number of allylic oxidation sites excluding steroid dienone is 5. The van der Waals surface area contributed by atoms with Gasteiger partial charge in [0, 0.05) is 0 Å². The molecule has 0 spiro atoms. The van der Waals surface area contributed by atoms with Crippen LogP contribution in [0.4, 0.5) is 0 Å². The smallest absolute Gasteiger partial charge is 0.0439 e. The van der Waals surface area contributed by atoms with Crippen LogP contribution in [0.2, 0.25) is 0 Å². The molecule has 0 aromatic heterocycles. The summed E-state index contributed by atoms with van der Waals surface area (Å²) >= 11 is 0. The summed E-state index contributed by atoms with van der Waals surface area (Å²) in [5.74, 6) is 0. The molecule has 0 N–H and O–H groups in total. The molecule has 0 bridgehead atoms. The zero-order chi connectivity index (χ0) is 6.41. The maximum atomic E-state index is 3.54. The SMILES string of the molecule is C=C/C=C\C=C(C)C.